The molecule has 3 atom stereocenters. The molecule has 1 N–H and O–H groups in total. The summed E-state index contributed by atoms with van der Waals surface area (Å²) in [5, 5.41) is 3.72. The Bertz CT molecular complexity index is 415. The van der Waals surface area contributed by atoms with E-state index in [1.165, 1.54) is 36.9 Å². The first-order valence-corrected chi connectivity index (χ1v) is 7.65. The van der Waals surface area contributed by atoms with Gasteiger partial charge in [0.15, 0.2) is 0 Å². The van der Waals surface area contributed by atoms with Gasteiger partial charge in [-0.3, -0.25) is 4.98 Å². The molecule has 2 aliphatic rings. The van der Waals surface area contributed by atoms with Gasteiger partial charge in [-0.25, -0.2) is 0 Å². The average Bonchev–Trinajstić information content (AvgIpc) is 2.89. The van der Waals surface area contributed by atoms with Gasteiger partial charge in [-0.1, -0.05) is 13.0 Å². The predicted molar refractivity (Wildman–Crippen MR) is 76.3 cm³/mol. The number of hydrogen-bond acceptors (Lipinski definition) is 3. The smallest absolute Gasteiger partial charge is 0.0509 e. The number of pyridine rings is 1. The molecule has 0 saturated carbocycles. The molecule has 2 heterocycles. The second-order valence-electron chi connectivity index (χ2n) is 5.75. The zero-order chi connectivity index (χ0) is 13.1. The lowest BCUT2D eigenvalue weighted by Crippen LogP contribution is -2.44. The molecule has 3 nitrogen and oxygen atoms in total. The third-order valence-electron chi connectivity index (χ3n) is 4.58. The summed E-state index contributed by atoms with van der Waals surface area (Å²) in [4.78, 5) is 4.66. The van der Waals surface area contributed by atoms with E-state index in [1.54, 1.807) is 0 Å². The fraction of sp³-hybridized carbons (Fsp3) is 0.688. The number of nitrogens with zero attached hydrogens (tertiary/aromatic N) is 1. The van der Waals surface area contributed by atoms with E-state index in [-0.39, 0.29) is 0 Å². The maximum Gasteiger partial charge on any atom is 0.0509 e. The number of nitrogens with one attached hydrogen (secondary N) is 1. The topological polar surface area (TPSA) is 34.1 Å². The van der Waals surface area contributed by atoms with Crippen LogP contribution in [0.25, 0.3) is 0 Å². The van der Waals surface area contributed by atoms with Crippen LogP contribution in [-0.4, -0.2) is 30.8 Å². The minimum Gasteiger partial charge on any atom is -0.381 e. The van der Waals surface area contributed by atoms with E-state index in [2.05, 4.69) is 29.4 Å². The van der Waals surface area contributed by atoms with Crippen LogP contribution in [0.1, 0.15) is 43.4 Å². The Morgan fingerprint density at radius 1 is 1.47 bits per heavy atom. The van der Waals surface area contributed by atoms with Crippen molar-refractivity contribution in [2.75, 3.05) is 19.8 Å². The van der Waals surface area contributed by atoms with Crippen LogP contribution in [0.3, 0.4) is 0 Å². The number of ether oxygens (including phenoxy) is 1. The highest BCUT2D eigenvalue weighted by atomic mass is 16.5. The SMILES string of the molecule is CCNC(C1CCCOC1)C1CCc2cccnc21. The summed E-state index contributed by atoms with van der Waals surface area (Å²) in [5.74, 6) is 1.22. The summed E-state index contributed by atoms with van der Waals surface area (Å²) in [6.45, 7) is 5.08. The molecule has 104 valence electrons. The Morgan fingerprint density at radius 3 is 3.21 bits per heavy atom. The zero-order valence-corrected chi connectivity index (χ0v) is 11.8. The molecular formula is C16H24N2O. The van der Waals surface area contributed by atoms with E-state index in [9.17, 15) is 0 Å². The van der Waals surface area contributed by atoms with Gasteiger partial charge in [-0.05, 0) is 49.8 Å². The van der Waals surface area contributed by atoms with Gasteiger partial charge in [0, 0.05) is 30.5 Å². The van der Waals surface area contributed by atoms with Crippen LogP contribution in [0.15, 0.2) is 18.3 Å². The number of aryl methyl sites for hydroxylation is 1. The molecule has 3 rings (SSSR count). The summed E-state index contributed by atoms with van der Waals surface area (Å²) >= 11 is 0. The number of hydrogen-bond donors (Lipinski definition) is 1. The van der Waals surface area contributed by atoms with Crippen LogP contribution in [0.2, 0.25) is 0 Å². The van der Waals surface area contributed by atoms with Crippen molar-refractivity contribution >= 4 is 0 Å². The van der Waals surface area contributed by atoms with E-state index < -0.39 is 0 Å². The molecule has 0 radical (unpaired) electrons. The van der Waals surface area contributed by atoms with E-state index in [4.69, 9.17) is 4.74 Å². The van der Waals surface area contributed by atoms with E-state index >= 15 is 0 Å². The monoisotopic (exact) mass is 260 g/mol. The lowest BCUT2D eigenvalue weighted by Gasteiger charge is -2.34. The quantitative estimate of drug-likeness (QED) is 0.903. The normalized spacial score (nSPS) is 28.1. The molecule has 1 aliphatic carbocycles. The van der Waals surface area contributed by atoms with Gasteiger partial charge in [-0.2, -0.15) is 0 Å². The molecule has 1 aromatic heterocycles. The lowest BCUT2D eigenvalue weighted by molar-refractivity contribution is 0.0348. The standard InChI is InChI=1S/C16H24N2O/c1-2-17-16(13-6-4-10-19-11-13)14-8-7-12-5-3-9-18-15(12)14/h3,5,9,13-14,16-17H,2,4,6-8,10-11H2,1H3. The summed E-state index contributed by atoms with van der Waals surface area (Å²) in [6.07, 6.45) is 6.85. The fourth-order valence-electron chi connectivity index (χ4n) is 3.72. The Hall–Kier alpha value is -0.930. The van der Waals surface area contributed by atoms with Crippen molar-refractivity contribution in [3.63, 3.8) is 0 Å². The summed E-state index contributed by atoms with van der Waals surface area (Å²) < 4.78 is 5.70. The Labute approximate surface area is 115 Å². The minimum atomic E-state index is 0.529. The fourth-order valence-corrected chi connectivity index (χ4v) is 3.72. The molecule has 1 fully saturated rings. The van der Waals surface area contributed by atoms with Gasteiger partial charge in [0.25, 0.3) is 0 Å². The highest BCUT2D eigenvalue weighted by Crippen LogP contribution is 2.37. The van der Waals surface area contributed by atoms with Crippen LogP contribution in [-0.2, 0) is 11.2 Å². The molecule has 1 aromatic rings. The molecule has 3 heteroatoms. The van der Waals surface area contributed by atoms with Gasteiger partial charge < -0.3 is 10.1 Å². The number of fused-ring (bicyclic) bond motifs is 1. The first-order valence-electron chi connectivity index (χ1n) is 7.65. The lowest BCUT2D eigenvalue weighted by atomic mass is 9.83. The van der Waals surface area contributed by atoms with Gasteiger partial charge in [0.05, 0.1) is 6.61 Å². The second kappa shape index (κ2) is 6.02. The largest absolute Gasteiger partial charge is 0.381 e. The highest BCUT2D eigenvalue weighted by Gasteiger charge is 2.35. The Kier molecular flexibility index (Phi) is 4.14. The predicted octanol–water partition coefficient (Wildman–Crippen LogP) is 2.52. The molecular weight excluding hydrogens is 236 g/mol. The maximum absolute atomic E-state index is 5.70. The summed E-state index contributed by atoms with van der Waals surface area (Å²) in [5.41, 5.74) is 2.78. The number of rotatable bonds is 4. The van der Waals surface area contributed by atoms with Crippen LogP contribution < -0.4 is 5.32 Å². The average molecular weight is 260 g/mol. The van der Waals surface area contributed by atoms with Crippen molar-refractivity contribution in [2.45, 2.75) is 44.6 Å². The van der Waals surface area contributed by atoms with Gasteiger partial charge in [0.2, 0.25) is 0 Å². The van der Waals surface area contributed by atoms with Crippen LogP contribution in [0, 0.1) is 5.92 Å². The van der Waals surface area contributed by atoms with Crippen LogP contribution in [0.5, 0.6) is 0 Å². The van der Waals surface area contributed by atoms with E-state index in [0.29, 0.717) is 17.9 Å². The van der Waals surface area contributed by atoms with Crippen LogP contribution >= 0.6 is 0 Å². The Balaban J connectivity index is 1.80. The molecule has 1 aliphatic heterocycles. The van der Waals surface area contributed by atoms with Gasteiger partial charge in [0.1, 0.15) is 0 Å². The van der Waals surface area contributed by atoms with Crippen molar-refractivity contribution < 1.29 is 4.74 Å². The number of likely N-dealkylation sites (N-methyl/N-ethyl adjacent to an activating group) is 1. The highest BCUT2D eigenvalue weighted by molar-refractivity contribution is 5.30. The van der Waals surface area contributed by atoms with E-state index in [0.717, 1.165) is 19.8 Å². The van der Waals surface area contributed by atoms with Crippen molar-refractivity contribution in [3.8, 4) is 0 Å². The molecule has 0 spiro atoms. The molecule has 19 heavy (non-hydrogen) atoms. The van der Waals surface area contributed by atoms with E-state index in [1.807, 2.05) is 6.20 Å². The molecule has 0 bridgehead atoms. The second-order valence-corrected chi connectivity index (χ2v) is 5.75. The molecule has 0 amide bonds. The molecule has 0 aromatic carbocycles. The Morgan fingerprint density at radius 2 is 2.42 bits per heavy atom. The minimum absolute atomic E-state index is 0.529. The van der Waals surface area contributed by atoms with Gasteiger partial charge in [-0.15, -0.1) is 0 Å². The third kappa shape index (κ3) is 2.67. The summed E-state index contributed by atoms with van der Waals surface area (Å²) in [6, 6.07) is 4.83. The van der Waals surface area contributed by atoms with Crippen molar-refractivity contribution in [2.24, 2.45) is 5.92 Å². The summed E-state index contributed by atoms with van der Waals surface area (Å²) in [7, 11) is 0. The van der Waals surface area contributed by atoms with Crippen molar-refractivity contribution in [1.29, 1.82) is 0 Å². The zero-order valence-electron chi connectivity index (χ0n) is 11.8. The first kappa shape index (κ1) is 13.1. The number of aromatic nitrogens is 1. The van der Waals surface area contributed by atoms with Crippen LogP contribution in [0.4, 0.5) is 0 Å². The maximum atomic E-state index is 5.70. The van der Waals surface area contributed by atoms with Gasteiger partial charge >= 0.3 is 0 Å². The molecule has 3 unspecified atom stereocenters. The third-order valence-corrected chi connectivity index (χ3v) is 4.58. The molecule has 1 saturated heterocycles. The van der Waals surface area contributed by atoms with Crippen molar-refractivity contribution in [1.82, 2.24) is 10.3 Å². The van der Waals surface area contributed by atoms with Crippen molar-refractivity contribution in [3.05, 3.63) is 29.6 Å². The first-order chi connectivity index (χ1) is 9.40.